The van der Waals surface area contributed by atoms with Crippen LogP contribution in [0.4, 0.5) is 0 Å². The average molecular weight is 476 g/mol. The molecular weight excluding hydrogens is 450 g/mol. The first-order chi connectivity index (χ1) is 15.8. The largest absolute Gasteiger partial charge is 0.507 e. The summed E-state index contributed by atoms with van der Waals surface area (Å²) in [4.78, 5) is 27.4. The van der Waals surface area contributed by atoms with Gasteiger partial charge in [-0.1, -0.05) is 17.7 Å². The maximum absolute atomic E-state index is 13.1. The summed E-state index contributed by atoms with van der Waals surface area (Å²) in [5.41, 5.74) is 0.699. The molecule has 9 heteroatoms. The number of carbonyl (C=O) groups is 2. The molecule has 0 saturated carbocycles. The number of nitrogens with zero attached hydrogens (tertiary/aromatic N) is 1. The molecule has 1 amide bonds. The molecule has 2 aromatic rings. The summed E-state index contributed by atoms with van der Waals surface area (Å²) in [7, 11) is 3.01. The lowest BCUT2D eigenvalue weighted by Crippen LogP contribution is -2.31. The Bertz CT molecular complexity index is 1080. The molecule has 0 aliphatic carbocycles. The van der Waals surface area contributed by atoms with Crippen molar-refractivity contribution in [3.8, 4) is 17.2 Å². The zero-order valence-corrected chi connectivity index (χ0v) is 19.4. The molecule has 1 heterocycles. The van der Waals surface area contributed by atoms with E-state index in [0.29, 0.717) is 30.9 Å². The molecule has 0 bridgehead atoms. The molecule has 176 valence electrons. The van der Waals surface area contributed by atoms with Gasteiger partial charge in [0.1, 0.15) is 11.5 Å². The molecule has 0 radical (unpaired) electrons. The lowest BCUT2D eigenvalue weighted by Gasteiger charge is -2.25. The zero-order valence-electron chi connectivity index (χ0n) is 18.6. The zero-order chi connectivity index (χ0) is 24.1. The second-order valence-electron chi connectivity index (χ2n) is 7.35. The average Bonchev–Trinajstić information content (AvgIpc) is 3.05. The van der Waals surface area contributed by atoms with Gasteiger partial charge in [-0.05, 0) is 49.2 Å². The number of halogens is 1. The number of ether oxygens (including phenoxy) is 3. The number of aliphatic hydroxyl groups is 1. The first-order valence-corrected chi connectivity index (χ1v) is 10.8. The van der Waals surface area contributed by atoms with Gasteiger partial charge in [0.2, 0.25) is 0 Å². The van der Waals surface area contributed by atoms with Crippen LogP contribution >= 0.6 is 11.6 Å². The third kappa shape index (κ3) is 4.91. The van der Waals surface area contributed by atoms with Gasteiger partial charge in [-0.3, -0.25) is 9.59 Å². The Morgan fingerprint density at radius 1 is 1.12 bits per heavy atom. The van der Waals surface area contributed by atoms with Gasteiger partial charge >= 0.3 is 0 Å². The standard InChI is InChI=1S/C24H26ClNO7/c1-4-33-19-13-14(6-8-17(19)27)21-20(23(29)24(30)26(21)10-5-11-31-2)22(28)15-7-9-18(32-3)16(25)12-15/h6-9,12-13,21,27-28H,4-5,10-11H2,1-3H3/b22-20-. The van der Waals surface area contributed by atoms with E-state index in [-0.39, 0.29) is 40.0 Å². The Kier molecular flexibility index (Phi) is 7.84. The summed E-state index contributed by atoms with van der Waals surface area (Å²) >= 11 is 6.21. The SMILES string of the molecule is CCOc1cc(C2/C(=C(/O)c3ccc(OC)c(Cl)c3)C(=O)C(=O)N2CCCOC)ccc1O. The smallest absolute Gasteiger partial charge is 0.295 e. The predicted molar refractivity (Wildman–Crippen MR) is 123 cm³/mol. The fourth-order valence-electron chi connectivity index (χ4n) is 3.78. The van der Waals surface area contributed by atoms with Gasteiger partial charge in [0.15, 0.2) is 11.5 Å². The van der Waals surface area contributed by atoms with Gasteiger partial charge in [-0.2, -0.15) is 0 Å². The highest BCUT2D eigenvalue weighted by Crippen LogP contribution is 2.42. The predicted octanol–water partition coefficient (Wildman–Crippen LogP) is 3.91. The number of Topliss-reactive ketones (excluding diaryl/α,β-unsaturated/α-hetero) is 1. The van der Waals surface area contributed by atoms with Crippen LogP contribution in [0, 0.1) is 0 Å². The molecule has 1 fully saturated rings. The molecule has 1 aliphatic heterocycles. The van der Waals surface area contributed by atoms with E-state index < -0.39 is 17.7 Å². The number of hydrogen-bond acceptors (Lipinski definition) is 7. The summed E-state index contributed by atoms with van der Waals surface area (Å²) in [6.45, 7) is 2.71. The minimum absolute atomic E-state index is 0.0705. The maximum atomic E-state index is 13.1. The van der Waals surface area contributed by atoms with E-state index in [1.54, 1.807) is 38.3 Å². The van der Waals surface area contributed by atoms with Crippen LogP contribution in [-0.4, -0.2) is 60.8 Å². The second kappa shape index (κ2) is 10.6. The van der Waals surface area contributed by atoms with Crippen molar-refractivity contribution in [3.63, 3.8) is 0 Å². The Labute approximate surface area is 196 Å². The van der Waals surface area contributed by atoms with Crippen LogP contribution < -0.4 is 9.47 Å². The van der Waals surface area contributed by atoms with Crippen LogP contribution in [-0.2, 0) is 14.3 Å². The maximum Gasteiger partial charge on any atom is 0.295 e. The fourth-order valence-corrected chi connectivity index (χ4v) is 4.04. The number of benzene rings is 2. The van der Waals surface area contributed by atoms with E-state index in [0.717, 1.165) is 0 Å². The van der Waals surface area contributed by atoms with Crippen molar-refractivity contribution in [2.45, 2.75) is 19.4 Å². The number of phenols is 1. The number of carbonyl (C=O) groups excluding carboxylic acids is 2. The van der Waals surface area contributed by atoms with Gasteiger partial charge in [-0.15, -0.1) is 0 Å². The first kappa shape index (κ1) is 24.4. The molecular formula is C24H26ClNO7. The van der Waals surface area contributed by atoms with E-state index in [9.17, 15) is 19.8 Å². The van der Waals surface area contributed by atoms with Crippen molar-refractivity contribution >= 4 is 29.1 Å². The van der Waals surface area contributed by atoms with Gasteiger partial charge in [-0.25, -0.2) is 0 Å². The minimum Gasteiger partial charge on any atom is -0.507 e. The van der Waals surface area contributed by atoms with E-state index in [1.165, 1.54) is 24.1 Å². The molecule has 0 aromatic heterocycles. The lowest BCUT2D eigenvalue weighted by atomic mass is 9.95. The second-order valence-corrected chi connectivity index (χ2v) is 7.76. The Morgan fingerprint density at radius 2 is 1.88 bits per heavy atom. The van der Waals surface area contributed by atoms with Gasteiger partial charge in [0.05, 0.1) is 30.4 Å². The molecule has 0 spiro atoms. The van der Waals surface area contributed by atoms with Crippen LogP contribution in [0.5, 0.6) is 17.2 Å². The minimum atomic E-state index is -0.887. The van der Waals surface area contributed by atoms with E-state index in [1.807, 2.05) is 0 Å². The van der Waals surface area contributed by atoms with Crippen molar-refractivity contribution in [2.24, 2.45) is 0 Å². The third-order valence-corrected chi connectivity index (χ3v) is 5.61. The molecule has 2 aromatic carbocycles. The summed E-state index contributed by atoms with van der Waals surface area (Å²) < 4.78 is 15.7. The highest BCUT2D eigenvalue weighted by molar-refractivity contribution is 6.46. The van der Waals surface area contributed by atoms with Crippen LogP contribution in [0.3, 0.4) is 0 Å². The Hall–Kier alpha value is -3.23. The van der Waals surface area contributed by atoms with E-state index in [2.05, 4.69) is 0 Å². The third-order valence-electron chi connectivity index (χ3n) is 5.31. The number of likely N-dealkylation sites (tertiary alicyclic amines) is 1. The quantitative estimate of drug-likeness (QED) is 0.245. The molecule has 33 heavy (non-hydrogen) atoms. The number of aliphatic hydroxyl groups excluding tert-OH is 1. The number of aromatic hydroxyl groups is 1. The van der Waals surface area contributed by atoms with Crippen molar-refractivity contribution < 1.29 is 34.0 Å². The van der Waals surface area contributed by atoms with Crippen molar-refractivity contribution in [1.29, 1.82) is 0 Å². The van der Waals surface area contributed by atoms with Crippen LogP contribution in [0.1, 0.15) is 30.5 Å². The molecule has 3 rings (SSSR count). The molecule has 8 nitrogen and oxygen atoms in total. The normalized spacial score (nSPS) is 17.5. The van der Waals surface area contributed by atoms with Crippen molar-refractivity contribution in [1.82, 2.24) is 4.90 Å². The molecule has 1 saturated heterocycles. The summed E-state index contributed by atoms with van der Waals surface area (Å²) in [6, 6.07) is 8.28. The van der Waals surface area contributed by atoms with Gasteiger partial charge < -0.3 is 29.3 Å². The van der Waals surface area contributed by atoms with Crippen molar-refractivity contribution in [3.05, 3.63) is 58.1 Å². The summed E-state index contributed by atoms with van der Waals surface area (Å²) in [5.74, 6) is -1.35. The highest BCUT2D eigenvalue weighted by Gasteiger charge is 2.46. The van der Waals surface area contributed by atoms with E-state index >= 15 is 0 Å². The monoisotopic (exact) mass is 475 g/mol. The van der Waals surface area contributed by atoms with Crippen molar-refractivity contribution in [2.75, 3.05) is 34.0 Å². The summed E-state index contributed by atoms with van der Waals surface area (Å²) in [5, 5.41) is 21.5. The number of ketones is 1. The Balaban J connectivity index is 2.16. The lowest BCUT2D eigenvalue weighted by molar-refractivity contribution is -0.140. The van der Waals surface area contributed by atoms with Gasteiger partial charge in [0.25, 0.3) is 11.7 Å². The molecule has 2 N–H and O–H groups in total. The number of phenolic OH excluding ortho intramolecular Hbond substituents is 1. The summed E-state index contributed by atoms with van der Waals surface area (Å²) in [6.07, 6.45) is 0.491. The number of rotatable bonds is 9. The van der Waals surface area contributed by atoms with Gasteiger partial charge in [0, 0.05) is 25.8 Å². The molecule has 1 unspecified atom stereocenters. The number of hydrogen-bond donors (Lipinski definition) is 2. The number of amides is 1. The van der Waals surface area contributed by atoms with E-state index in [4.69, 9.17) is 25.8 Å². The van der Waals surface area contributed by atoms with Crippen LogP contribution in [0.15, 0.2) is 42.0 Å². The highest BCUT2D eigenvalue weighted by atomic mass is 35.5. The molecule has 1 aliphatic rings. The fraction of sp³-hybridized carbons (Fsp3) is 0.333. The Morgan fingerprint density at radius 3 is 2.52 bits per heavy atom. The molecule has 1 atom stereocenters. The topological polar surface area (TPSA) is 106 Å². The van der Waals surface area contributed by atoms with Crippen LogP contribution in [0.2, 0.25) is 5.02 Å². The van der Waals surface area contributed by atoms with Crippen LogP contribution in [0.25, 0.3) is 5.76 Å². The first-order valence-electron chi connectivity index (χ1n) is 10.4. The number of methoxy groups -OCH3 is 2.